The van der Waals surface area contributed by atoms with Crippen LogP contribution in [0.4, 0.5) is 0 Å². The Morgan fingerprint density at radius 2 is 2.08 bits per heavy atom. The lowest BCUT2D eigenvalue weighted by Crippen LogP contribution is -2.00. The SMILES string of the molecule is CCCOc1cnc(C(C)C)cn1. The van der Waals surface area contributed by atoms with Gasteiger partial charge in [-0.2, -0.15) is 0 Å². The number of aromatic nitrogens is 2. The highest BCUT2D eigenvalue weighted by molar-refractivity contribution is 5.09. The molecule has 0 aliphatic rings. The van der Waals surface area contributed by atoms with Crippen LogP contribution >= 0.6 is 0 Å². The first-order valence-electron chi connectivity index (χ1n) is 4.68. The lowest BCUT2D eigenvalue weighted by molar-refractivity contribution is 0.303. The van der Waals surface area contributed by atoms with Crippen molar-refractivity contribution in [2.24, 2.45) is 0 Å². The van der Waals surface area contributed by atoms with Gasteiger partial charge in [-0.05, 0) is 12.3 Å². The Morgan fingerprint density at radius 1 is 1.31 bits per heavy atom. The van der Waals surface area contributed by atoms with Crippen molar-refractivity contribution >= 4 is 0 Å². The molecule has 13 heavy (non-hydrogen) atoms. The number of nitrogens with zero attached hydrogens (tertiary/aromatic N) is 2. The summed E-state index contributed by atoms with van der Waals surface area (Å²) >= 11 is 0. The first-order valence-corrected chi connectivity index (χ1v) is 4.68. The van der Waals surface area contributed by atoms with Gasteiger partial charge in [0.05, 0.1) is 24.7 Å². The first-order chi connectivity index (χ1) is 6.24. The van der Waals surface area contributed by atoms with Crippen molar-refractivity contribution in [2.75, 3.05) is 6.61 Å². The van der Waals surface area contributed by atoms with E-state index in [1.165, 1.54) is 0 Å². The monoisotopic (exact) mass is 180 g/mol. The highest BCUT2D eigenvalue weighted by atomic mass is 16.5. The van der Waals surface area contributed by atoms with Gasteiger partial charge in [0.2, 0.25) is 5.88 Å². The third kappa shape index (κ3) is 3.01. The first kappa shape index (κ1) is 9.96. The number of rotatable bonds is 4. The van der Waals surface area contributed by atoms with Gasteiger partial charge in [-0.15, -0.1) is 0 Å². The quantitative estimate of drug-likeness (QED) is 0.713. The molecule has 3 nitrogen and oxygen atoms in total. The zero-order chi connectivity index (χ0) is 9.68. The molecule has 0 radical (unpaired) electrons. The summed E-state index contributed by atoms with van der Waals surface area (Å²) < 4.78 is 5.32. The summed E-state index contributed by atoms with van der Waals surface area (Å²) in [5, 5.41) is 0. The second kappa shape index (κ2) is 4.80. The molecule has 0 saturated carbocycles. The highest BCUT2D eigenvalue weighted by Crippen LogP contribution is 2.11. The molecule has 1 heterocycles. The zero-order valence-electron chi connectivity index (χ0n) is 8.45. The van der Waals surface area contributed by atoms with Crippen LogP contribution < -0.4 is 4.74 Å². The van der Waals surface area contributed by atoms with E-state index in [2.05, 4.69) is 30.7 Å². The van der Waals surface area contributed by atoms with Crippen LogP contribution in [0.1, 0.15) is 38.8 Å². The smallest absolute Gasteiger partial charge is 0.232 e. The standard InChI is InChI=1S/C10H16N2O/c1-4-5-13-10-7-11-9(6-12-10)8(2)3/h6-8H,4-5H2,1-3H3. The van der Waals surface area contributed by atoms with E-state index in [0.717, 1.165) is 12.1 Å². The Labute approximate surface area is 79.2 Å². The minimum Gasteiger partial charge on any atom is -0.477 e. The fraction of sp³-hybridized carbons (Fsp3) is 0.600. The van der Waals surface area contributed by atoms with Crippen LogP contribution in [0, 0.1) is 0 Å². The molecule has 0 aromatic carbocycles. The van der Waals surface area contributed by atoms with Crippen molar-refractivity contribution in [3.05, 3.63) is 18.1 Å². The minimum absolute atomic E-state index is 0.424. The van der Waals surface area contributed by atoms with Gasteiger partial charge in [0.25, 0.3) is 0 Å². The maximum atomic E-state index is 5.32. The normalized spacial score (nSPS) is 10.5. The fourth-order valence-electron chi connectivity index (χ4n) is 0.905. The van der Waals surface area contributed by atoms with Crippen LogP contribution in [0.15, 0.2) is 12.4 Å². The fourth-order valence-corrected chi connectivity index (χ4v) is 0.905. The molecule has 0 aliphatic carbocycles. The van der Waals surface area contributed by atoms with E-state index in [1.54, 1.807) is 12.4 Å². The average Bonchev–Trinajstić information content (AvgIpc) is 2.15. The van der Waals surface area contributed by atoms with Crippen molar-refractivity contribution in [3.63, 3.8) is 0 Å². The van der Waals surface area contributed by atoms with Crippen LogP contribution in [0.2, 0.25) is 0 Å². The van der Waals surface area contributed by atoms with Gasteiger partial charge in [-0.3, -0.25) is 4.98 Å². The van der Waals surface area contributed by atoms with Crippen LogP contribution in [-0.2, 0) is 0 Å². The van der Waals surface area contributed by atoms with Crippen molar-refractivity contribution in [3.8, 4) is 5.88 Å². The zero-order valence-corrected chi connectivity index (χ0v) is 8.45. The van der Waals surface area contributed by atoms with Crippen LogP contribution in [0.3, 0.4) is 0 Å². The van der Waals surface area contributed by atoms with Crippen LogP contribution in [-0.4, -0.2) is 16.6 Å². The average molecular weight is 180 g/mol. The molecule has 72 valence electrons. The molecular weight excluding hydrogens is 164 g/mol. The number of hydrogen-bond donors (Lipinski definition) is 0. The molecule has 0 amide bonds. The van der Waals surface area contributed by atoms with Crippen LogP contribution in [0.5, 0.6) is 5.88 Å². The molecule has 0 atom stereocenters. The van der Waals surface area contributed by atoms with Crippen molar-refractivity contribution < 1.29 is 4.74 Å². The van der Waals surface area contributed by atoms with Gasteiger partial charge < -0.3 is 4.74 Å². The molecule has 0 aliphatic heterocycles. The van der Waals surface area contributed by atoms with E-state index in [1.807, 2.05) is 0 Å². The Bertz CT molecular complexity index is 244. The molecule has 1 rings (SSSR count). The van der Waals surface area contributed by atoms with Gasteiger partial charge in [-0.25, -0.2) is 4.98 Å². The summed E-state index contributed by atoms with van der Waals surface area (Å²) in [5.41, 5.74) is 1.00. The topological polar surface area (TPSA) is 35.0 Å². The van der Waals surface area contributed by atoms with Crippen molar-refractivity contribution in [2.45, 2.75) is 33.1 Å². The number of ether oxygens (including phenoxy) is 1. The van der Waals surface area contributed by atoms with Crippen molar-refractivity contribution in [1.82, 2.24) is 9.97 Å². The second-order valence-electron chi connectivity index (χ2n) is 3.28. The third-order valence-corrected chi connectivity index (χ3v) is 1.69. The molecule has 0 unspecified atom stereocenters. The molecule has 0 N–H and O–H groups in total. The lowest BCUT2D eigenvalue weighted by atomic mass is 10.1. The maximum absolute atomic E-state index is 5.32. The summed E-state index contributed by atoms with van der Waals surface area (Å²) in [6.45, 7) is 6.96. The van der Waals surface area contributed by atoms with E-state index < -0.39 is 0 Å². The van der Waals surface area contributed by atoms with Crippen LogP contribution in [0.25, 0.3) is 0 Å². The van der Waals surface area contributed by atoms with E-state index in [4.69, 9.17) is 4.74 Å². The molecule has 0 fully saturated rings. The molecule has 0 spiro atoms. The summed E-state index contributed by atoms with van der Waals surface area (Å²) in [6, 6.07) is 0. The molecule has 0 saturated heterocycles. The molecular formula is C10H16N2O. The van der Waals surface area contributed by atoms with E-state index >= 15 is 0 Å². The van der Waals surface area contributed by atoms with Gasteiger partial charge in [0.1, 0.15) is 0 Å². The van der Waals surface area contributed by atoms with E-state index in [0.29, 0.717) is 18.4 Å². The van der Waals surface area contributed by atoms with Gasteiger partial charge in [-0.1, -0.05) is 20.8 Å². The second-order valence-corrected chi connectivity index (χ2v) is 3.28. The van der Waals surface area contributed by atoms with E-state index in [-0.39, 0.29) is 0 Å². The Morgan fingerprint density at radius 3 is 2.54 bits per heavy atom. The molecule has 0 bridgehead atoms. The number of hydrogen-bond acceptors (Lipinski definition) is 3. The summed E-state index contributed by atoms with van der Waals surface area (Å²) in [6.07, 6.45) is 4.45. The highest BCUT2D eigenvalue weighted by Gasteiger charge is 2.01. The Balaban J connectivity index is 2.59. The third-order valence-electron chi connectivity index (χ3n) is 1.69. The minimum atomic E-state index is 0.424. The van der Waals surface area contributed by atoms with Gasteiger partial charge in [0.15, 0.2) is 0 Å². The van der Waals surface area contributed by atoms with Crippen molar-refractivity contribution in [1.29, 1.82) is 0 Å². The predicted molar refractivity (Wildman–Crippen MR) is 51.9 cm³/mol. The summed E-state index contributed by atoms with van der Waals surface area (Å²) in [5.74, 6) is 1.04. The largest absolute Gasteiger partial charge is 0.477 e. The maximum Gasteiger partial charge on any atom is 0.232 e. The molecule has 1 aromatic heterocycles. The predicted octanol–water partition coefficient (Wildman–Crippen LogP) is 2.39. The Kier molecular flexibility index (Phi) is 3.68. The lowest BCUT2D eigenvalue weighted by Gasteiger charge is -2.05. The molecule has 1 aromatic rings. The molecule has 3 heteroatoms. The summed E-state index contributed by atoms with van der Waals surface area (Å²) in [7, 11) is 0. The van der Waals surface area contributed by atoms with Gasteiger partial charge >= 0.3 is 0 Å². The Hall–Kier alpha value is -1.12. The summed E-state index contributed by atoms with van der Waals surface area (Å²) in [4.78, 5) is 8.40. The van der Waals surface area contributed by atoms with E-state index in [9.17, 15) is 0 Å². The van der Waals surface area contributed by atoms with Gasteiger partial charge in [0, 0.05) is 0 Å².